The molecule has 0 unspecified atom stereocenters. The van der Waals surface area contributed by atoms with Crippen LogP contribution in [0.2, 0.25) is 10.0 Å². The molecule has 0 aliphatic carbocycles. The highest BCUT2D eigenvalue weighted by molar-refractivity contribution is 6.35. The second-order valence-corrected chi connectivity index (χ2v) is 7.80. The molecule has 0 fully saturated rings. The summed E-state index contributed by atoms with van der Waals surface area (Å²) in [4.78, 5) is 24.2. The first kappa shape index (κ1) is 22.3. The van der Waals surface area contributed by atoms with Crippen LogP contribution in [0.4, 0.5) is 11.4 Å². The lowest BCUT2D eigenvalue weighted by molar-refractivity contribution is -0.118. The highest BCUT2D eigenvalue weighted by Gasteiger charge is 2.11. The molecule has 0 saturated carbocycles. The van der Waals surface area contributed by atoms with E-state index in [9.17, 15) is 9.59 Å². The molecular weight excluding hydrogens is 395 g/mol. The molecule has 6 heteroatoms. The maximum Gasteiger partial charge on any atom is 0.224 e. The summed E-state index contributed by atoms with van der Waals surface area (Å²) < 4.78 is 0. The quantitative estimate of drug-likeness (QED) is 0.511. The van der Waals surface area contributed by atoms with E-state index < -0.39 is 0 Å². The minimum absolute atomic E-state index is 0.109. The van der Waals surface area contributed by atoms with Crippen molar-refractivity contribution >= 4 is 46.4 Å². The van der Waals surface area contributed by atoms with Crippen molar-refractivity contribution in [2.75, 3.05) is 10.6 Å². The fourth-order valence-electron chi connectivity index (χ4n) is 2.75. The van der Waals surface area contributed by atoms with Crippen LogP contribution < -0.4 is 10.6 Å². The molecule has 4 nitrogen and oxygen atoms in total. The van der Waals surface area contributed by atoms with Crippen molar-refractivity contribution in [1.29, 1.82) is 0 Å². The monoisotopic (exact) mass is 420 g/mol. The summed E-state index contributed by atoms with van der Waals surface area (Å²) in [6, 6.07) is 7.48. The fraction of sp³-hybridized carbons (Fsp3) is 0.364. The van der Waals surface area contributed by atoms with Crippen molar-refractivity contribution in [3.8, 4) is 0 Å². The van der Waals surface area contributed by atoms with Crippen LogP contribution in [0.5, 0.6) is 0 Å². The topological polar surface area (TPSA) is 58.2 Å². The Balaban J connectivity index is 1.77. The Morgan fingerprint density at radius 2 is 1.07 bits per heavy atom. The van der Waals surface area contributed by atoms with E-state index in [4.69, 9.17) is 23.2 Å². The summed E-state index contributed by atoms with van der Waals surface area (Å²) >= 11 is 12.6. The molecule has 0 saturated heterocycles. The fourth-order valence-corrected chi connectivity index (χ4v) is 3.27. The molecule has 2 aromatic carbocycles. The van der Waals surface area contributed by atoms with Crippen LogP contribution in [0.25, 0.3) is 0 Å². The van der Waals surface area contributed by atoms with Gasteiger partial charge in [0, 0.05) is 12.8 Å². The Labute approximate surface area is 176 Å². The van der Waals surface area contributed by atoms with Gasteiger partial charge in [0.15, 0.2) is 0 Å². The van der Waals surface area contributed by atoms with Crippen LogP contribution in [-0.4, -0.2) is 11.8 Å². The highest BCUT2D eigenvalue weighted by Crippen LogP contribution is 2.29. The zero-order valence-electron chi connectivity index (χ0n) is 16.7. The first-order valence-corrected chi connectivity index (χ1v) is 10.1. The molecule has 2 amide bonds. The summed E-state index contributed by atoms with van der Waals surface area (Å²) in [6.45, 7) is 7.80. The van der Waals surface area contributed by atoms with Gasteiger partial charge in [0.05, 0.1) is 21.4 Å². The number of nitrogens with one attached hydrogen (secondary N) is 2. The average molecular weight is 421 g/mol. The molecular formula is C22H26Cl2N2O2. The molecule has 2 N–H and O–H groups in total. The van der Waals surface area contributed by atoms with Gasteiger partial charge in [-0.15, -0.1) is 0 Å². The Hall–Kier alpha value is -2.04. The van der Waals surface area contributed by atoms with Crippen molar-refractivity contribution in [2.24, 2.45) is 0 Å². The van der Waals surface area contributed by atoms with Crippen molar-refractivity contribution in [1.82, 2.24) is 0 Å². The van der Waals surface area contributed by atoms with Gasteiger partial charge >= 0.3 is 0 Å². The number of halogens is 2. The standard InChI is InChI=1S/C22H26Cl2N2O2/c1-13-9-11-17(21(23)15(13)3)25-19(27)7-5-6-8-20(28)26-18-12-10-14(2)16(4)22(18)24/h9-12H,5-8H2,1-4H3,(H,25,27)(H,26,28). The summed E-state index contributed by atoms with van der Waals surface area (Å²) in [5.41, 5.74) is 5.33. The van der Waals surface area contributed by atoms with Crippen LogP contribution >= 0.6 is 23.2 Å². The molecule has 28 heavy (non-hydrogen) atoms. The molecule has 0 bridgehead atoms. The highest BCUT2D eigenvalue weighted by atomic mass is 35.5. The second kappa shape index (κ2) is 9.94. The van der Waals surface area contributed by atoms with Crippen LogP contribution in [0.15, 0.2) is 24.3 Å². The van der Waals surface area contributed by atoms with E-state index >= 15 is 0 Å². The Bertz CT molecular complexity index is 821. The lowest BCUT2D eigenvalue weighted by Crippen LogP contribution is -2.14. The number of hydrogen-bond acceptors (Lipinski definition) is 2. The third-order valence-electron chi connectivity index (χ3n) is 4.92. The number of carbonyl (C=O) groups is 2. The maximum absolute atomic E-state index is 12.1. The second-order valence-electron chi connectivity index (χ2n) is 7.04. The van der Waals surface area contributed by atoms with E-state index in [1.54, 1.807) is 0 Å². The van der Waals surface area contributed by atoms with Gasteiger partial charge in [0.25, 0.3) is 0 Å². The lowest BCUT2D eigenvalue weighted by Gasteiger charge is -2.12. The Morgan fingerprint density at radius 1 is 0.714 bits per heavy atom. The van der Waals surface area contributed by atoms with Gasteiger partial charge in [-0.2, -0.15) is 0 Å². The van der Waals surface area contributed by atoms with E-state index in [-0.39, 0.29) is 11.8 Å². The summed E-state index contributed by atoms with van der Waals surface area (Å²) in [7, 11) is 0. The van der Waals surface area contributed by atoms with E-state index in [1.165, 1.54) is 0 Å². The zero-order valence-corrected chi connectivity index (χ0v) is 18.2. The van der Waals surface area contributed by atoms with Gasteiger partial charge in [-0.3, -0.25) is 9.59 Å². The smallest absolute Gasteiger partial charge is 0.224 e. The molecule has 2 aromatic rings. The van der Waals surface area contributed by atoms with Gasteiger partial charge in [-0.05, 0) is 74.9 Å². The predicted octanol–water partition coefficient (Wildman–Crippen LogP) is 6.36. The largest absolute Gasteiger partial charge is 0.325 e. The van der Waals surface area contributed by atoms with Crippen LogP contribution in [0.3, 0.4) is 0 Å². The molecule has 150 valence electrons. The number of hydrogen-bond donors (Lipinski definition) is 2. The number of benzene rings is 2. The third-order valence-corrected chi connectivity index (χ3v) is 5.89. The van der Waals surface area contributed by atoms with Crippen molar-refractivity contribution in [3.63, 3.8) is 0 Å². The lowest BCUT2D eigenvalue weighted by atomic mass is 10.1. The van der Waals surface area contributed by atoms with Gasteiger partial charge in [-0.25, -0.2) is 0 Å². The average Bonchev–Trinajstić information content (AvgIpc) is 2.66. The molecule has 0 aliphatic rings. The normalized spacial score (nSPS) is 10.6. The molecule has 0 radical (unpaired) electrons. The number of amides is 2. The summed E-state index contributed by atoms with van der Waals surface area (Å²) in [5.74, 6) is -0.217. The molecule has 0 atom stereocenters. The Morgan fingerprint density at radius 3 is 1.43 bits per heavy atom. The maximum atomic E-state index is 12.1. The SMILES string of the molecule is Cc1ccc(NC(=O)CCCCC(=O)Nc2ccc(C)c(C)c2Cl)c(Cl)c1C. The van der Waals surface area contributed by atoms with Crippen LogP contribution in [0, 0.1) is 27.7 Å². The first-order valence-electron chi connectivity index (χ1n) is 9.31. The van der Waals surface area contributed by atoms with E-state index in [0.717, 1.165) is 22.3 Å². The van der Waals surface area contributed by atoms with E-state index in [1.807, 2.05) is 52.0 Å². The van der Waals surface area contributed by atoms with Crippen molar-refractivity contribution in [2.45, 2.75) is 53.4 Å². The first-order chi connectivity index (χ1) is 13.2. The summed E-state index contributed by atoms with van der Waals surface area (Å²) in [6.07, 6.45) is 1.90. The van der Waals surface area contributed by atoms with Gasteiger partial charge in [-0.1, -0.05) is 35.3 Å². The van der Waals surface area contributed by atoms with Crippen LogP contribution in [0.1, 0.15) is 47.9 Å². The van der Waals surface area contributed by atoms with Crippen molar-refractivity contribution in [3.05, 3.63) is 56.6 Å². The van der Waals surface area contributed by atoms with Gasteiger partial charge in [0.2, 0.25) is 11.8 Å². The van der Waals surface area contributed by atoms with Gasteiger partial charge in [0.1, 0.15) is 0 Å². The number of rotatable bonds is 7. The summed E-state index contributed by atoms with van der Waals surface area (Å²) in [5, 5.41) is 6.81. The molecule has 0 aliphatic heterocycles. The Kier molecular flexibility index (Phi) is 7.90. The minimum Gasteiger partial charge on any atom is -0.325 e. The molecule has 0 heterocycles. The molecule has 0 spiro atoms. The third kappa shape index (κ3) is 5.73. The number of unbranched alkanes of at least 4 members (excludes halogenated alkanes) is 1. The molecule has 0 aromatic heterocycles. The van der Waals surface area contributed by atoms with E-state index in [0.29, 0.717) is 47.1 Å². The minimum atomic E-state index is -0.109. The van der Waals surface area contributed by atoms with E-state index in [2.05, 4.69) is 10.6 Å². The van der Waals surface area contributed by atoms with Crippen LogP contribution in [-0.2, 0) is 9.59 Å². The van der Waals surface area contributed by atoms with Gasteiger partial charge < -0.3 is 10.6 Å². The zero-order chi connectivity index (χ0) is 20.8. The predicted molar refractivity (Wildman–Crippen MR) is 118 cm³/mol. The van der Waals surface area contributed by atoms with Crippen molar-refractivity contribution < 1.29 is 9.59 Å². The number of anilines is 2. The number of carbonyl (C=O) groups excluding carboxylic acids is 2. The molecule has 2 rings (SSSR count). The number of aryl methyl sites for hydroxylation is 2.